The summed E-state index contributed by atoms with van der Waals surface area (Å²) in [6.07, 6.45) is 1.000. The highest BCUT2D eigenvalue weighted by Crippen LogP contribution is 2.26. The second-order valence-electron chi connectivity index (χ2n) is 8.10. The number of benzene rings is 2. The number of nitrogens with one attached hydrogen (secondary N) is 1. The normalized spacial score (nSPS) is 14.4. The van der Waals surface area contributed by atoms with Crippen LogP contribution in [0.2, 0.25) is 0 Å². The summed E-state index contributed by atoms with van der Waals surface area (Å²) in [5, 5.41) is 12.5. The fourth-order valence-electron chi connectivity index (χ4n) is 3.90. The van der Waals surface area contributed by atoms with Crippen LogP contribution >= 0.6 is 11.8 Å². The molecule has 1 N–H and O–H groups in total. The number of thioether (sulfide) groups is 1. The second kappa shape index (κ2) is 11.4. The van der Waals surface area contributed by atoms with Crippen molar-refractivity contribution in [3.63, 3.8) is 0 Å². The summed E-state index contributed by atoms with van der Waals surface area (Å²) >= 11 is 1.41. The first-order valence-corrected chi connectivity index (χ1v) is 12.4. The quantitative estimate of drug-likeness (QED) is 0.484. The van der Waals surface area contributed by atoms with E-state index in [0.29, 0.717) is 0 Å². The van der Waals surface area contributed by atoms with Crippen molar-refractivity contribution in [3.8, 4) is 11.4 Å². The van der Waals surface area contributed by atoms with Crippen LogP contribution in [-0.4, -0.2) is 64.2 Å². The van der Waals surface area contributed by atoms with E-state index in [1.165, 1.54) is 17.3 Å². The Morgan fingerprint density at radius 3 is 2.58 bits per heavy atom. The third-order valence-electron chi connectivity index (χ3n) is 5.81. The van der Waals surface area contributed by atoms with E-state index in [1.54, 1.807) is 0 Å². The van der Waals surface area contributed by atoms with E-state index in [4.69, 9.17) is 4.74 Å². The van der Waals surface area contributed by atoms with E-state index >= 15 is 0 Å². The van der Waals surface area contributed by atoms with Crippen molar-refractivity contribution in [2.24, 2.45) is 0 Å². The molecule has 2 aromatic carbocycles. The van der Waals surface area contributed by atoms with Crippen molar-refractivity contribution in [1.82, 2.24) is 19.7 Å². The summed E-state index contributed by atoms with van der Waals surface area (Å²) in [6.45, 7) is 9.57. The molecule has 2 heterocycles. The minimum atomic E-state index is -0.0517. The molecule has 1 saturated heterocycles. The number of hydrogen-bond acceptors (Lipinski definition) is 6. The molecule has 0 unspecified atom stereocenters. The third kappa shape index (κ3) is 6.22. The van der Waals surface area contributed by atoms with Crippen LogP contribution in [0.1, 0.15) is 18.1 Å². The number of rotatable bonds is 9. The van der Waals surface area contributed by atoms with Gasteiger partial charge in [0.2, 0.25) is 5.91 Å². The standard InChI is InChI=1S/C25H31N5O2S/c1-3-30-24(22-7-5-4-6-19(22)2)27-28-25(30)33-18-23(31)26-21-10-8-20(9-11-21)12-13-29-14-16-32-17-15-29/h4-11H,3,12-18H2,1-2H3,(H,26,31). The van der Waals surface area contributed by atoms with Crippen molar-refractivity contribution in [2.45, 2.75) is 32.0 Å². The fourth-order valence-corrected chi connectivity index (χ4v) is 4.70. The summed E-state index contributed by atoms with van der Waals surface area (Å²) in [5.74, 6) is 1.07. The molecule has 0 saturated carbocycles. The molecule has 1 aliphatic heterocycles. The molecular weight excluding hydrogens is 434 g/mol. The zero-order valence-electron chi connectivity index (χ0n) is 19.3. The maximum atomic E-state index is 12.5. The number of carbonyl (C=O) groups excluding carboxylic acids is 1. The molecular formula is C25H31N5O2S. The Labute approximate surface area is 199 Å². The number of ether oxygens (including phenoxy) is 1. The molecule has 174 valence electrons. The van der Waals surface area contributed by atoms with Crippen LogP contribution in [0.25, 0.3) is 11.4 Å². The molecule has 1 amide bonds. The van der Waals surface area contributed by atoms with Crippen LogP contribution in [0.5, 0.6) is 0 Å². The zero-order chi connectivity index (χ0) is 23.0. The molecule has 1 aliphatic rings. The predicted octanol–water partition coefficient (Wildman–Crippen LogP) is 3.88. The van der Waals surface area contributed by atoms with Gasteiger partial charge in [-0.05, 0) is 43.5 Å². The Morgan fingerprint density at radius 1 is 1.09 bits per heavy atom. The highest BCUT2D eigenvalue weighted by atomic mass is 32.2. The van der Waals surface area contributed by atoms with Crippen molar-refractivity contribution in [2.75, 3.05) is 43.9 Å². The number of aromatic nitrogens is 3. The number of aryl methyl sites for hydroxylation is 1. The number of hydrogen-bond donors (Lipinski definition) is 1. The molecule has 3 aromatic rings. The lowest BCUT2D eigenvalue weighted by Gasteiger charge is -2.26. The van der Waals surface area contributed by atoms with Gasteiger partial charge in [0.05, 0.1) is 19.0 Å². The summed E-state index contributed by atoms with van der Waals surface area (Å²) in [5.41, 5.74) is 4.31. The Bertz CT molecular complexity index is 1060. The van der Waals surface area contributed by atoms with E-state index in [1.807, 2.05) is 24.3 Å². The summed E-state index contributed by atoms with van der Waals surface area (Å²) in [6, 6.07) is 16.3. The number of morpholine rings is 1. The zero-order valence-corrected chi connectivity index (χ0v) is 20.1. The minimum Gasteiger partial charge on any atom is -0.379 e. The van der Waals surface area contributed by atoms with Gasteiger partial charge in [0.1, 0.15) is 0 Å². The topological polar surface area (TPSA) is 72.3 Å². The van der Waals surface area contributed by atoms with Crippen molar-refractivity contribution < 1.29 is 9.53 Å². The first-order valence-electron chi connectivity index (χ1n) is 11.4. The maximum Gasteiger partial charge on any atom is 0.234 e. The molecule has 1 aromatic heterocycles. The largest absolute Gasteiger partial charge is 0.379 e. The molecule has 7 nitrogen and oxygen atoms in total. The molecule has 0 atom stereocenters. The summed E-state index contributed by atoms with van der Waals surface area (Å²) in [4.78, 5) is 15.0. The fraction of sp³-hybridized carbons (Fsp3) is 0.400. The van der Waals surface area contributed by atoms with E-state index in [-0.39, 0.29) is 11.7 Å². The molecule has 4 rings (SSSR count). The van der Waals surface area contributed by atoms with E-state index in [9.17, 15) is 4.79 Å². The van der Waals surface area contributed by atoms with Gasteiger partial charge in [-0.2, -0.15) is 0 Å². The Balaban J connectivity index is 1.29. The number of nitrogens with zero attached hydrogens (tertiary/aromatic N) is 4. The summed E-state index contributed by atoms with van der Waals surface area (Å²) in [7, 11) is 0. The van der Waals surface area contributed by atoms with Gasteiger partial charge in [-0.3, -0.25) is 9.69 Å². The van der Waals surface area contributed by atoms with E-state index in [0.717, 1.165) is 73.6 Å². The Hall–Kier alpha value is -2.68. The van der Waals surface area contributed by atoms with Crippen LogP contribution < -0.4 is 5.32 Å². The van der Waals surface area contributed by atoms with E-state index in [2.05, 4.69) is 63.1 Å². The van der Waals surface area contributed by atoms with Crippen molar-refractivity contribution >= 4 is 23.4 Å². The third-order valence-corrected chi connectivity index (χ3v) is 6.78. The minimum absolute atomic E-state index is 0.0517. The predicted molar refractivity (Wildman–Crippen MR) is 133 cm³/mol. The molecule has 0 spiro atoms. The molecule has 1 fully saturated rings. The smallest absolute Gasteiger partial charge is 0.234 e. The van der Waals surface area contributed by atoms with Crippen LogP contribution in [-0.2, 0) is 22.5 Å². The monoisotopic (exact) mass is 465 g/mol. The molecule has 0 aliphatic carbocycles. The van der Waals surface area contributed by atoms with Crippen molar-refractivity contribution in [1.29, 1.82) is 0 Å². The lowest BCUT2D eigenvalue weighted by Crippen LogP contribution is -2.37. The number of carbonyl (C=O) groups is 1. The highest BCUT2D eigenvalue weighted by molar-refractivity contribution is 7.99. The van der Waals surface area contributed by atoms with Gasteiger partial charge in [0.25, 0.3) is 0 Å². The molecule has 0 radical (unpaired) electrons. The first-order chi connectivity index (χ1) is 16.1. The van der Waals surface area contributed by atoms with Crippen LogP contribution in [0.15, 0.2) is 53.7 Å². The van der Waals surface area contributed by atoms with Crippen LogP contribution in [0, 0.1) is 6.92 Å². The maximum absolute atomic E-state index is 12.5. The highest BCUT2D eigenvalue weighted by Gasteiger charge is 2.16. The number of amides is 1. The summed E-state index contributed by atoms with van der Waals surface area (Å²) < 4.78 is 7.46. The van der Waals surface area contributed by atoms with Gasteiger partial charge in [-0.25, -0.2) is 0 Å². The van der Waals surface area contributed by atoms with Crippen LogP contribution in [0.3, 0.4) is 0 Å². The lowest BCUT2D eigenvalue weighted by atomic mass is 10.1. The molecule has 8 heteroatoms. The van der Waals surface area contributed by atoms with Gasteiger partial charge in [0.15, 0.2) is 11.0 Å². The SMILES string of the molecule is CCn1c(SCC(=O)Nc2ccc(CCN3CCOCC3)cc2)nnc1-c1ccccc1C. The number of anilines is 1. The first kappa shape index (κ1) is 23.5. The van der Waals surface area contributed by atoms with Crippen molar-refractivity contribution in [3.05, 3.63) is 59.7 Å². The van der Waals surface area contributed by atoms with Crippen LogP contribution in [0.4, 0.5) is 5.69 Å². The van der Waals surface area contributed by atoms with Gasteiger partial charge >= 0.3 is 0 Å². The van der Waals surface area contributed by atoms with Gasteiger partial charge in [-0.1, -0.05) is 48.2 Å². The van der Waals surface area contributed by atoms with E-state index < -0.39 is 0 Å². The Kier molecular flexibility index (Phi) is 8.15. The molecule has 0 bridgehead atoms. The van der Waals surface area contributed by atoms with Gasteiger partial charge in [-0.15, -0.1) is 10.2 Å². The second-order valence-corrected chi connectivity index (χ2v) is 9.05. The van der Waals surface area contributed by atoms with Gasteiger partial charge < -0.3 is 14.6 Å². The van der Waals surface area contributed by atoms with Gasteiger partial charge in [0, 0.05) is 37.4 Å². The Morgan fingerprint density at radius 2 is 1.85 bits per heavy atom. The molecule has 33 heavy (non-hydrogen) atoms. The average molecular weight is 466 g/mol. The lowest BCUT2D eigenvalue weighted by molar-refractivity contribution is -0.113. The average Bonchev–Trinajstić information content (AvgIpc) is 3.26.